The van der Waals surface area contributed by atoms with E-state index in [4.69, 9.17) is 4.42 Å². The molecule has 0 amide bonds. The third-order valence-corrected chi connectivity index (χ3v) is 6.66. The smallest absolute Gasteiger partial charge is 0.244 e. The van der Waals surface area contributed by atoms with Gasteiger partial charge in [0.1, 0.15) is 10.7 Å². The van der Waals surface area contributed by atoms with E-state index < -0.39 is 10.0 Å². The number of halogens is 1. The molecular formula is C14H21BrN2O3S. The van der Waals surface area contributed by atoms with E-state index in [1.165, 1.54) is 12.8 Å². The van der Waals surface area contributed by atoms with Gasteiger partial charge < -0.3 is 9.73 Å². The first-order valence-corrected chi connectivity index (χ1v) is 9.57. The van der Waals surface area contributed by atoms with E-state index in [0.29, 0.717) is 30.8 Å². The summed E-state index contributed by atoms with van der Waals surface area (Å²) in [6.07, 6.45) is 3.44. The minimum absolute atomic E-state index is 0.188. The van der Waals surface area contributed by atoms with Crippen LogP contribution in [0.5, 0.6) is 0 Å². The van der Waals surface area contributed by atoms with E-state index in [-0.39, 0.29) is 15.0 Å². The van der Waals surface area contributed by atoms with Gasteiger partial charge >= 0.3 is 0 Å². The Morgan fingerprint density at radius 1 is 1.43 bits per heavy atom. The van der Waals surface area contributed by atoms with Crippen molar-refractivity contribution in [3.05, 3.63) is 16.5 Å². The Kier molecular flexibility index (Phi) is 3.97. The van der Waals surface area contributed by atoms with Gasteiger partial charge in [0, 0.05) is 18.7 Å². The average molecular weight is 377 g/mol. The quantitative estimate of drug-likeness (QED) is 0.766. The Balaban J connectivity index is 1.63. The molecule has 1 aromatic heterocycles. The van der Waals surface area contributed by atoms with Gasteiger partial charge in [0.25, 0.3) is 0 Å². The molecular weight excluding hydrogens is 356 g/mol. The first kappa shape index (κ1) is 15.5. The summed E-state index contributed by atoms with van der Waals surface area (Å²) in [4.78, 5) is 0.188. The molecule has 0 saturated heterocycles. The normalized spacial score (nSPS) is 24.2. The van der Waals surface area contributed by atoms with Crippen molar-refractivity contribution in [2.24, 2.45) is 11.3 Å². The summed E-state index contributed by atoms with van der Waals surface area (Å²) in [7, 11) is -3.52. The molecule has 2 N–H and O–H groups in total. The second-order valence-corrected chi connectivity index (χ2v) is 9.20. The molecule has 1 unspecified atom stereocenters. The summed E-state index contributed by atoms with van der Waals surface area (Å²) < 4.78 is 33.1. The maximum Gasteiger partial charge on any atom is 0.244 e. The zero-order valence-corrected chi connectivity index (χ0v) is 14.7. The maximum atomic E-state index is 12.3. The zero-order valence-electron chi connectivity index (χ0n) is 12.3. The van der Waals surface area contributed by atoms with Gasteiger partial charge in [0.2, 0.25) is 10.0 Å². The number of sulfonamides is 1. The van der Waals surface area contributed by atoms with Crippen molar-refractivity contribution in [1.82, 2.24) is 10.0 Å². The predicted molar refractivity (Wildman–Crippen MR) is 83.3 cm³/mol. The molecule has 7 heteroatoms. The molecule has 2 fully saturated rings. The van der Waals surface area contributed by atoms with Gasteiger partial charge in [0.05, 0.1) is 6.54 Å². The van der Waals surface area contributed by atoms with Gasteiger partial charge in [-0.1, -0.05) is 13.8 Å². The Bertz CT molecular complexity index is 635. The fourth-order valence-corrected chi connectivity index (χ4v) is 4.49. The van der Waals surface area contributed by atoms with Crippen LogP contribution < -0.4 is 10.0 Å². The van der Waals surface area contributed by atoms with Gasteiger partial charge in [-0.15, -0.1) is 0 Å². The molecule has 0 radical (unpaired) electrons. The van der Waals surface area contributed by atoms with Gasteiger partial charge in [-0.05, 0) is 46.5 Å². The second kappa shape index (κ2) is 5.37. The monoisotopic (exact) mass is 376 g/mol. The van der Waals surface area contributed by atoms with Gasteiger partial charge in [0.15, 0.2) is 4.67 Å². The molecule has 0 aliphatic heterocycles. The molecule has 5 nitrogen and oxygen atoms in total. The summed E-state index contributed by atoms with van der Waals surface area (Å²) in [5.74, 6) is 1.06. The molecule has 118 valence electrons. The Hall–Kier alpha value is -0.370. The van der Waals surface area contributed by atoms with Crippen LogP contribution >= 0.6 is 15.9 Å². The topological polar surface area (TPSA) is 71.3 Å². The van der Waals surface area contributed by atoms with Crippen LogP contribution in [0.25, 0.3) is 0 Å². The van der Waals surface area contributed by atoms with Crippen LogP contribution in [0.3, 0.4) is 0 Å². The SMILES string of the molecule is CC1(C)CC1CNS(=O)(=O)c1cc(CNC2CC2)oc1Br. The van der Waals surface area contributed by atoms with E-state index in [1.807, 2.05) is 0 Å². The summed E-state index contributed by atoms with van der Waals surface area (Å²) in [5.41, 5.74) is 0.259. The van der Waals surface area contributed by atoms with Crippen LogP contribution in [-0.4, -0.2) is 21.0 Å². The number of furan rings is 1. The second-order valence-electron chi connectivity index (χ2n) is 6.75. The largest absolute Gasteiger partial charge is 0.452 e. The highest BCUT2D eigenvalue weighted by Gasteiger charge is 2.45. The highest BCUT2D eigenvalue weighted by atomic mass is 79.9. The molecule has 3 rings (SSSR count). The first-order chi connectivity index (χ1) is 9.78. The van der Waals surface area contributed by atoms with Crippen molar-refractivity contribution >= 4 is 26.0 Å². The van der Waals surface area contributed by atoms with Crippen molar-refractivity contribution in [2.45, 2.75) is 50.6 Å². The first-order valence-electron chi connectivity index (χ1n) is 7.29. The van der Waals surface area contributed by atoms with Crippen molar-refractivity contribution in [1.29, 1.82) is 0 Å². The lowest BCUT2D eigenvalue weighted by atomic mass is 10.1. The van der Waals surface area contributed by atoms with Crippen LogP contribution in [0.4, 0.5) is 0 Å². The zero-order chi connectivity index (χ0) is 15.3. The van der Waals surface area contributed by atoms with Crippen LogP contribution in [0, 0.1) is 11.3 Å². The molecule has 2 aliphatic rings. The van der Waals surface area contributed by atoms with E-state index in [9.17, 15) is 8.42 Å². The van der Waals surface area contributed by atoms with Gasteiger partial charge in [-0.3, -0.25) is 0 Å². The maximum absolute atomic E-state index is 12.3. The molecule has 1 aromatic rings. The van der Waals surface area contributed by atoms with E-state index in [2.05, 4.69) is 39.8 Å². The van der Waals surface area contributed by atoms with E-state index in [1.54, 1.807) is 6.07 Å². The average Bonchev–Trinajstić information content (AvgIpc) is 3.27. The Morgan fingerprint density at radius 2 is 2.10 bits per heavy atom. The minimum atomic E-state index is -3.52. The third kappa shape index (κ3) is 3.70. The van der Waals surface area contributed by atoms with Crippen molar-refractivity contribution in [3.8, 4) is 0 Å². The lowest BCUT2D eigenvalue weighted by molar-refractivity contribution is 0.459. The highest BCUT2D eigenvalue weighted by molar-refractivity contribution is 9.10. The Morgan fingerprint density at radius 3 is 2.67 bits per heavy atom. The van der Waals surface area contributed by atoms with Crippen LogP contribution in [-0.2, 0) is 16.6 Å². The number of hydrogen-bond acceptors (Lipinski definition) is 4. The fourth-order valence-electron chi connectivity index (χ4n) is 2.41. The minimum Gasteiger partial charge on any atom is -0.452 e. The molecule has 2 saturated carbocycles. The predicted octanol–water partition coefficient (Wildman–Crippen LogP) is 2.62. The van der Waals surface area contributed by atoms with Crippen molar-refractivity contribution < 1.29 is 12.8 Å². The fraction of sp³-hybridized carbons (Fsp3) is 0.714. The number of hydrogen-bond donors (Lipinski definition) is 2. The van der Waals surface area contributed by atoms with Crippen LogP contribution in [0.2, 0.25) is 0 Å². The lowest BCUT2D eigenvalue weighted by Crippen LogP contribution is -2.26. The summed E-state index contributed by atoms with van der Waals surface area (Å²) in [5, 5.41) is 3.31. The molecule has 0 bridgehead atoms. The molecule has 2 aliphatic carbocycles. The van der Waals surface area contributed by atoms with E-state index in [0.717, 1.165) is 6.42 Å². The van der Waals surface area contributed by atoms with Gasteiger partial charge in [-0.25, -0.2) is 13.1 Å². The molecule has 0 spiro atoms. The van der Waals surface area contributed by atoms with Crippen LogP contribution in [0.15, 0.2) is 20.0 Å². The summed E-state index contributed by atoms with van der Waals surface area (Å²) in [6, 6.07) is 2.16. The standard InChI is InChI=1S/C14H21BrN2O3S/c1-14(2)6-9(14)7-17-21(18,19)12-5-11(20-13(12)15)8-16-10-3-4-10/h5,9-10,16-17H,3-4,6-8H2,1-2H3. The number of rotatable bonds is 7. The highest BCUT2D eigenvalue weighted by Crippen LogP contribution is 2.51. The summed E-state index contributed by atoms with van der Waals surface area (Å²) >= 11 is 3.21. The van der Waals surface area contributed by atoms with E-state index >= 15 is 0 Å². The van der Waals surface area contributed by atoms with Gasteiger partial charge in [-0.2, -0.15) is 0 Å². The van der Waals surface area contributed by atoms with Crippen molar-refractivity contribution in [3.63, 3.8) is 0 Å². The molecule has 21 heavy (non-hydrogen) atoms. The Labute approximate surface area is 134 Å². The molecule has 0 aromatic carbocycles. The summed E-state index contributed by atoms with van der Waals surface area (Å²) in [6.45, 7) is 5.36. The third-order valence-electron chi connectivity index (χ3n) is 4.38. The molecule has 1 atom stereocenters. The lowest BCUT2D eigenvalue weighted by Gasteiger charge is -2.06. The van der Waals surface area contributed by atoms with Crippen LogP contribution in [0.1, 0.15) is 38.9 Å². The number of nitrogens with one attached hydrogen (secondary N) is 2. The molecule has 1 heterocycles. The van der Waals surface area contributed by atoms with Crippen molar-refractivity contribution in [2.75, 3.05) is 6.54 Å².